The summed E-state index contributed by atoms with van der Waals surface area (Å²) in [5.41, 5.74) is 1.28. The zero-order valence-corrected chi connectivity index (χ0v) is 12.0. The second kappa shape index (κ2) is 7.31. The average Bonchev–Trinajstić information content (AvgIpc) is 2.28. The third kappa shape index (κ3) is 4.61. The summed E-state index contributed by atoms with van der Waals surface area (Å²) >= 11 is 1.86. The molecule has 0 aliphatic heterocycles. The minimum Gasteiger partial charge on any atom is -0.507 e. The van der Waals surface area contributed by atoms with E-state index in [4.69, 9.17) is 0 Å². The Morgan fingerprint density at radius 3 is 2.83 bits per heavy atom. The van der Waals surface area contributed by atoms with Gasteiger partial charge in [0.15, 0.2) is 0 Å². The summed E-state index contributed by atoms with van der Waals surface area (Å²) in [5.74, 6) is 1.97. The van der Waals surface area contributed by atoms with E-state index in [0.717, 1.165) is 23.5 Å². The van der Waals surface area contributed by atoms with Gasteiger partial charge < -0.3 is 10.4 Å². The fraction of sp³-hybridized carbons (Fsp3) is 0.500. The van der Waals surface area contributed by atoms with Crippen molar-refractivity contribution in [2.45, 2.75) is 33.2 Å². The van der Waals surface area contributed by atoms with Gasteiger partial charge in [0.1, 0.15) is 5.75 Å². The summed E-state index contributed by atoms with van der Waals surface area (Å²) in [6, 6.07) is 5.21. The van der Waals surface area contributed by atoms with Crippen molar-refractivity contribution in [1.82, 2.24) is 5.32 Å². The summed E-state index contributed by atoms with van der Waals surface area (Å²) in [5, 5.41) is 12.6. The third-order valence-corrected chi connectivity index (χ3v) is 3.61. The average molecular weight is 267 g/mol. The fourth-order valence-corrected chi connectivity index (χ4v) is 2.42. The van der Waals surface area contributed by atoms with Gasteiger partial charge in [-0.05, 0) is 49.5 Å². The number of amides is 1. The summed E-state index contributed by atoms with van der Waals surface area (Å²) in [6.45, 7) is 5.99. The van der Waals surface area contributed by atoms with E-state index < -0.39 is 0 Å². The lowest BCUT2D eigenvalue weighted by molar-refractivity contribution is 0.0937. The first-order valence-electron chi connectivity index (χ1n) is 6.22. The maximum atomic E-state index is 11.9. The van der Waals surface area contributed by atoms with E-state index in [1.807, 2.05) is 31.7 Å². The van der Waals surface area contributed by atoms with Crippen molar-refractivity contribution in [3.63, 3.8) is 0 Å². The zero-order chi connectivity index (χ0) is 13.5. The van der Waals surface area contributed by atoms with Gasteiger partial charge in [-0.1, -0.05) is 13.0 Å². The van der Waals surface area contributed by atoms with E-state index in [1.165, 1.54) is 0 Å². The molecule has 0 heterocycles. The first-order chi connectivity index (χ1) is 8.54. The van der Waals surface area contributed by atoms with Crippen molar-refractivity contribution in [3.8, 4) is 5.75 Å². The Bertz CT molecular complexity index is 407. The van der Waals surface area contributed by atoms with Crippen LogP contribution in [0.2, 0.25) is 0 Å². The molecular weight excluding hydrogens is 246 g/mol. The van der Waals surface area contributed by atoms with Crippen LogP contribution in [0.4, 0.5) is 0 Å². The topological polar surface area (TPSA) is 49.3 Å². The Morgan fingerprint density at radius 1 is 1.50 bits per heavy atom. The number of rotatable bonds is 6. The fourth-order valence-electron chi connectivity index (χ4n) is 1.61. The second-order valence-corrected chi connectivity index (χ2v) is 5.77. The van der Waals surface area contributed by atoms with Gasteiger partial charge in [-0.25, -0.2) is 0 Å². The van der Waals surface area contributed by atoms with Crippen molar-refractivity contribution in [2.75, 3.05) is 11.5 Å². The minimum atomic E-state index is -0.207. The Morgan fingerprint density at radius 2 is 2.22 bits per heavy atom. The third-order valence-electron chi connectivity index (χ3n) is 2.67. The van der Waals surface area contributed by atoms with Crippen molar-refractivity contribution >= 4 is 17.7 Å². The van der Waals surface area contributed by atoms with Crippen LogP contribution in [-0.2, 0) is 0 Å². The summed E-state index contributed by atoms with van der Waals surface area (Å²) in [4.78, 5) is 11.9. The normalized spacial score (nSPS) is 12.2. The van der Waals surface area contributed by atoms with Gasteiger partial charge in [0.25, 0.3) is 5.91 Å². The Hall–Kier alpha value is -1.16. The van der Waals surface area contributed by atoms with Crippen LogP contribution in [0.3, 0.4) is 0 Å². The number of benzene rings is 1. The van der Waals surface area contributed by atoms with Crippen LogP contribution in [0.25, 0.3) is 0 Å². The molecule has 2 N–H and O–H groups in total. The second-order valence-electron chi connectivity index (χ2n) is 4.38. The van der Waals surface area contributed by atoms with Gasteiger partial charge in [-0.15, -0.1) is 0 Å². The summed E-state index contributed by atoms with van der Waals surface area (Å²) in [6.07, 6.45) is 0.941. The number of aryl methyl sites for hydroxylation is 1. The highest BCUT2D eigenvalue weighted by Gasteiger charge is 2.13. The molecule has 0 fully saturated rings. The molecular formula is C14H21NO2S. The monoisotopic (exact) mass is 267 g/mol. The van der Waals surface area contributed by atoms with E-state index in [9.17, 15) is 9.90 Å². The van der Waals surface area contributed by atoms with Gasteiger partial charge in [0.2, 0.25) is 0 Å². The maximum Gasteiger partial charge on any atom is 0.255 e. The number of hydrogen-bond acceptors (Lipinski definition) is 3. The van der Waals surface area contributed by atoms with Crippen LogP contribution in [0, 0.1) is 6.92 Å². The molecule has 0 aliphatic carbocycles. The highest BCUT2D eigenvalue weighted by molar-refractivity contribution is 7.99. The molecule has 0 radical (unpaired) electrons. The Kier molecular flexibility index (Phi) is 6.05. The number of aromatic hydroxyl groups is 1. The van der Waals surface area contributed by atoms with Gasteiger partial charge in [-0.2, -0.15) is 11.8 Å². The van der Waals surface area contributed by atoms with Crippen molar-refractivity contribution < 1.29 is 9.90 Å². The maximum absolute atomic E-state index is 11.9. The molecule has 1 atom stereocenters. The number of hydrogen-bond donors (Lipinski definition) is 2. The van der Waals surface area contributed by atoms with Crippen molar-refractivity contribution in [3.05, 3.63) is 29.3 Å². The largest absolute Gasteiger partial charge is 0.507 e. The van der Waals surface area contributed by atoms with E-state index in [1.54, 1.807) is 12.1 Å². The highest BCUT2D eigenvalue weighted by atomic mass is 32.2. The Labute approximate surface area is 113 Å². The van der Waals surface area contributed by atoms with Crippen LogP contribution in [0.5, 0.6) is 5.75 Å². The molecule has 18 heavy (non-hydrogen) atoms. The minimum absolute atomic E-state index is 0.0441. The molecule has 1 aromatic rings. The number of carbonyl (C=O) groups excluding carboxylic acids is 1. The quantitative estimate of drug-likeness (QED) is 0.779. The standard InChI is InChI=1S/C14H21NO2S/c1-4-18-8-7-11(3)15-14(17)12-6-5-10(2)9-13(12)16/h5-6,9,11,16H,4,7-8H2,1-3H3,(H,15,17). The van der Waals surface area contributed by atoms with Gasteiger partial charge >= 0.3 is 0 Å². The first-order valence-corrected chi connectivity index (χ1v) is 7.38. The molecule has 0 aromatic heterocycles. The van der Waals surface area contributed by atoms with Crippen molar-refractivity contribution in [2.24, 2.45) is 0 Å². The van der Waals surface area contributed by atoms with Crippen LogP contribution < -0.4 is 5.32 Å². The number of nitrogens with one attached hydrogen (secondary N) is 1. The molecule has 1 unspecified atom stereocenters. The van der Waals surface area contributed by atoms with Crippen LogP contribution in [-0.4, -0.2) is 28.6 Å². The van der Waals surface area contributed by atoms with Crippen LogP contribution in [0.15, 0.2) is 18.2 Å². The summed E-state index contributed by atoms with van der Waals surface area (Å²) in [7, 11) is 0. The lowest BCUT2D eigenvalue weighted by Gasteiger charge is -2.14. The van der Waals surface area contributed by atoms with Crippen molar-refractivity contribution in [1.29, 1.82) is 0 Å². The van der Waals surface area contributed by atoms with Gasteiger partial charge in [0.05, 0.1) is 5.56 Å². The lowest BCUT2D eigenvalue weighted by atomic mass is 10.1. The lowest BCUT2D eigenvalue weighted by Crippen LogP contribution is -2.33. The zero-order valence-electron chi connectivity index (χ0n) is 11.2. The predicted octanol–water partition coefficient (Wildman–Crippen LogP) is 2.96. The molecule has 0 aliphatic rings. The number of phenols is 1. The first kappa shape index (κ1) is 14.9. The molecule has 0 saturated heterocycles. The molecule has 1 amide bonds. The Balaban J connectivity index is 2.54. The highest BCUT2D eigenvalue weighted by Crippen LogP contribution is 2.18. The van der Waals surface area contributed by atoms with Crippen LogP contribution >= 0.6 is 11.8 Å². The number of thioether (sulfide) groups is 1. The summed E-state index contributed by atoms with van der Waals surface area (Å²) < 4.78 is 0. The smallest absolute Gasteiger partial charge is 0.255 e. The molecule has 1 rings (SSSR count). The molecule has 100 valence electrons. The molecule has 1 aromatic carbocycles. The molecule has 0 spiro atoms. The molecule has 3 nitrogen and oxygen atoms in total. The number of phenolic OH excluding ortho intramolecular Hbond substituents is 1. The molecule has 0 saturated carbocycles. The van der Waals surface area contributed by atoms with E-state index in [-0.39, 0.29) is 17.7 Å². The number of carbonyl (C=O) groups is 1. The predicted molar refractivity (Wildman–Crippen MR) is 77.4 cm³/mol. The van der Waals surface area contributed by atoms with Gasteiger partial charge in [-0.3, -0.25) is 4.79 Å². The van der Waals surface area contributed by atoms with Gasteiger partial charge in [0, 0.05) is 6.04 Å². The van der Waals surface area contributed by atoms with E-state index in [2.05, 4.69) is 12.2 Å². The molecule has 0 bridgehead atoms. The SMILES string of the molecule is CCSCCC(C)NC(=O)c1ccc(C)cc1O. The van der Waals surface area contributed by atoms with E-state index >= 15 is 0 Å². The van der Waals surface area contributed by atoms with E-state index in [0.29, 0.717) is 5.56 Å². The van der Waals surface area contributed by atoms with Crippen LogP contribution in [0.1, 0.15) is 36.2 Å². The molecule has 4 heteroatoms.